The van der Waals surface area contributed by atoms with E-state index in [1.54, 1.807) is 33.5 Å². The minimum atomic E-state index is -0.197. The summed E-state index contributed by atoms with van der Waals surface area (Å²) in [7, 11) is 4.98. The maximum absolute atomic E-state index is 12.3. The van der Waals surface area contributed by atoms with Gasteiger partial charge in [-0.15, -0.1) is 0 Å². The lowest BCUT2D eigenvalue weighted by molar-refractivity contribution is 0.0924. The van der Waals surface area contributed by atoms with E-state index >= 15 is 0 Å². The van der Waals surface area contributed by atoms with E-state index in [9.17, 15) is 4.79 Å². The molecule has 0 saturated heterocycles. The monoisotopic (exact) mass is 427 g/mol. The van der Waals surface area contributed by atoms with Crippen LogP contribution in [0, 0.1) is 0 Å². The fraction of sp³-hybridized carbons (Fsp3) is 0.273. The molecule has 0 radical (unpaired) electrons. The van der Waals surface area contributed by atoms with Crippen LogP contribution in [-0.2, 0) is 13.5 Å². The number of aromatic nitrogens is 2. The van der Waals surface area contributed by atoms with Gasteiger partial charge in [0.2, 0.25) is 0 Å². The number of amides is 1. The third-order valence-corrected chi connectivity index (χ3v) is 5.39. The van der Waals surface area contributed by atoms with E-state index in [2.05, 4.69) is 10.4 Å². The van der Waals surface area contributed by atoms with Crippen LogP contribution in [0.3, 0.4) is 0 Å². The normalized spacial score (nSPS) is 14.7. The Balaban J connectivity index is 1.53. The van der Waals surface area contributed by atoms with Crippen LogP contribution in [0.2, 0.25) is 5.02 Å². The van der Waals surface area contributed by atoms with Crippen LogP contribution < -0.4 is 19.5 Å². The lowest BCUT2D eigenvalue weighted by Crippen LogP contribution is -2.35. The van der Waals surface area contributed by atoms with Crippen molar-refractivity contribution in [3.8, 4) is 28.4 Å². The molecule has 0 unspecified atom stereocenters. The second-order valence-electron chi connectivity index (χ2n) is 7.01. The molecule has 30 heavy (non-hydrogen) atoms. The lowest BCUT2D eigenvalue weighted by atomic mass is 9.99. The first-order valence-corrected chi connectivity index (χ1v) is 9.85. The van der Waals surface area contributed by atoms with Gasteiger partial charge in [0.15, 0.2) is 0 Å². The van der Waals surface area contributed by atoms with Crippen LogP contribution in [0.4, 0.5) is 0 Å². The number of hydrogen-bond donors (Lipinski definition) is 1. The van der Waals surface area contributed by atoms with Crippen molar-refractivity contribution in [2.24, 2.45) is 7.05 Å². The van der Waals surface area contributed by atoms with Gasteiger partial charge in [-0.05, 0) is 42.0 Å². The maximum Gasteiger partial charge on any atom is 0.269 e. The predicted molar refractivity (Wildman–Crippen MR) is 114 cm³/mol. The van der Waals surface area contributed by atoms with E-state index < -0.39 is 0 Å². The van der Waals surface area contributed by atoms with Gasteiger partial charge >= 0.3 is 0 Å². The first-order valence-electron chi connectivity index (χ1n) is 9.48. The molecule has 1 amide bonds. The zero-order valence-electron chi connectivity index (χ0n) is 16.9. The first kappa shape index (κ1) is 20.1. The number of hydrogen-bond acceptors (Lipinski definition) is 5. The number of carbonyl (C=O) groups excluding carboxylic acids is 1. The number of methoxy groups -OCH3 is 2. The molecule has 1 aliphatic rings. The summed E-state index contributed by atoms with van der Waals surface area (Å²) >= 11 is 6.53. The molecule has 2 heterocycles. The Morgan fingerprint density at radius 1 is 1.27 bits per heavy atom. The highest BCUT2D eigenvalue weighted by atomic mass is 35.5. The van der Waals surface area contributed by atoms with Crippen LogP contribution in [0.15, 0.2) is 42.6 Å². The number of benzene rings is 2. The number of nitrogens with one attached hydrogen (secondary N) is 1. The molecule has 2 aromatic carbocycles. The highest BCUT2D eigenvalue weighted by molar-refractivity contribution is 6.32. The molecular weight excluding hydrogens is 406 g/mol. The smallest absolute Gasteiger partial charge is 0.269 e. The van der Waals surface area contributed by atoms with Gasteiger partial charge in [-0.2, -0.15) is 5.10 Å². The third kappa shape index (κ3) is 3.80. The molecule has 156 valence electrons. The van der Waals surface area contributed by atoms with E-state index in [0.717, 1.165) is 28.2 Å². The molecule has 0 bridgehead atoms. The average Bonchev–Trinajstić information content (AvgIpc) is 3.37. The molecule has 1 N–H and O–H groups in total. The SMILES string of the molecule is COc1ccc(OC)c(-c2cc(Cl)c3c(c2)C[C@@H](CNC(=O)c2ccnn2C)O3)c1. The van der Waals surface area contributed by atoms with Crippen molar-refractivity contribution in [2.45, 2.75) is 12.5 Å². The average molecular weight is 428 g/mol. The van der Waals surface area contributed by atoms with E-state index in [-0.39, 0.29) is 12.0 Å². The summed E-state index contributed by atoms with van der Waals surface area (Å²) in [4.78, 5) is 12.3. The Morgan fingerprint density at radius 3 is 2.80 bits per heavy atom. The fourth-order valence-corrected chi connectivity index (χ4v) is 3.87. The number of nitrogens with zero attached hydrogens (tertiary/aromatic N) is 2. The highest BCUT2D eigenvalue weighted by Crippen LogP contribution is 2.42. The van der Waals surface area contributed by atoms with E-state index in [4.69, 9.17) is 25.8 Å². The number of fused-ring (bicyclic) bond motifs is 1. The summed E-state index contributed by atoms with van der Waals surface area (Å²) < 4.78 is 18.4. The molecule has 0 spiro atoms. The Hall–Kier alpha value is -3.19. The van der Waals surface area contributed by atoms with Crippen molar-refractivity contribution in [2.75, 3.05) is 20.8 Å². The summed E-state index contributed by atoms with van der Waals surface area (Å²) in [6, 6.07) is 11.2. The molecule has 1 aromatic heterocycles. The lowest BCUT2D eigenvalue weighted by Gasteiger charge is -2.13. The van der Waals surface area contributed by atoms with Gasteiger partial charge in [0.05, 0.1) is 25.8 Å². The standard InChI is InChI=1S/C22H22ClN3O4/c1-26-19(6-7-25-26)22(27)24-12-16-9-14-8-13(10-18(23)21(14)30-16)17-11-15(28-2)4-5-20(17)29-3/h4-8,10-11,16H,9,12H2,1-3H3,(H,24,27)/t16-/m0/s1. The number of ether oxygens (including phenoxy) is 3. The van der Waals surface area contributed by atoms with Crippen LogP contribution in [-0.4, -0.2) is 42.6 Å². The van der Waals surface area contributed by atoms with Gasteiger partial charge < -0.3 is 19.5 Å². The minimum absolute atomic E-state index is 0.192. The molecule has 8 heteroatoms. The van der Waals surface area contributed by atoms with Gasteiger partial charge in [0, 0.05) is 30.8 Å². The summed E-state index contributed by atoms with van der Waals surface area (Å²) in [5, 5.41) is 7.43. The van der Waals surface area contributed by atoms with Gasteiger partial charge in [0.1, 0.15) is 29.0 Å². The summed E-state index contributed by atoms with van der Waals surface area (Å²) in [5.74, 6) is 1.92. The van der Waals surface area contributed by atoms with Crippen molar-refractivity contribution >= 4 is 17.5 Å². The number of rotatable bonds is 6. The Labute approximate surface area is 179 Å². The Bertz CT molecular complexity index is 1100. The second-order valence-corrected chi connectivity index (χ2v) is 7.41. The molecular formula is C22H22ClN3O4. The van der Waals surface area contributed by atoms with Crippen molar-refractivity contribution in [1.29, 1.82) is 0 Å². The molecule has 7 nitrogen and oxygen atoms in total. The van der Waals surface area contributed by atoms with E-state index in [1.807, 2.05) is 30.3 Å². The van der Waals surface area contributed by atoms with Crippen LogP contribution >= 0.6 is 11.6 Å². The largest absolute Gasteiger partial charge is 0.497 e. The van der Waals surface area contributed by atoms with Crippen molar-refractivity contribution in [3.63, 3.8) is 0 Å². The summed E-state index contributed by atoms with van der Waals surface area (Å²) in [6.07, 6.45) is 2.03. The molecule has 0 aliphatic carbocycles. The third-order valence-electron chi connectivity index (χ3n) is 5.11. The number of halogens is 1. The van der Waals surface area contributed by atoms with Crippen molar-refractivity contribution in [1.82, 2.24) is 15.1 Å². The van der Waals surface area contributed by atoms with Crippen LogP contribution in [0.25, 0.3) is 11.1 Å². The summed E-state index contributed by atoms with van der Waals surface area (Å²) in [6.45, 7) is 0.368. The quantitative estimate of drug-likeness (QED) is 0.651. The van der Waals surface area contributed by atoms with Crippen molar-refractivity contribution in [3.05, 3.63) is 58.9 Å². The maximum atomic E-state index is 12.3. The number of carbonyl (C=O) groups is 1. The molecule has 0 fully saturated rings. The highest BCUT2D eigenvalue weighted by Gasteiger charge is 2.27. The topological polar surface area (TPSA) is 74.6 Å². The molecule has 1 atom stereocenters. The van der Waals surface area contributed by atoms with Gasteiger partial charge in [-0.1, -0.05) is 11.6 Å². The fourth-order valence-electron chi connectivity index (χ4n) is 3.59. The zero-order valence-corrected chi connectivity index (χ0v) is 17.7. The Kier molecular flexibility index (Phi) is 5.55. The predicted octanol–water partition coefficient (Wildman–Crippen LogP) is 3.49. The van der Waals surface area contributed by atoms with Gasteiger partial charge in [-0.25, -0.2) is 0 Å². The summed E-state index contributed by atoms with van der Waals surface area (Å²) in [5.41, 5.74) is 3.28. The molecule has 1 aliphatic heterocycles. The first-order chi connectivity index (χ1) is 14.5. The molecule has 4 rings (SSSR count). The van der Waals surface area contributed by atoms with Crippen LogP contribution in [0.1, 0.15) is 16.1 Å². The van der Waals surface area contributed by atoms with Crippen molar-refractivity contribution < 1.29 is 19.0 Å². The van der Waals surface area contributed by atoms with Gasteiger partial charge in [0.25, 0.3) is 5.91 Å². The number of aryl methyl sites for hydroxylation is 1. The minimum Gasteiger partial charge on any atom is -0.497 e. The zero-order chi connectivity index (χ0) is 21.3. The van der Waals surface area contributed by atoms with Crippen LogP contribution in [0.5, 0.6) is 17.2 Å². The molecule has 0 saturated carbocycles. The van der Waals surface area contributed by atoms with E-state index in [0.29, 0.717) is 29.4 Å². The van der Waals surface area contributed by atoms with E-state index in [1.165, 1.54) is 4.68 Å². The molecule has 3 aromatic rings. The Morgan fingerprint density at radius 2 is 2.10 bits per heavy atom. The second kappa shape index (κ2) is 8.28. The van der Waals surface area contributed by atoms with Gasteiger partial charge in [-0.3, -0.25) is 9.48 Å².